The number of hydrogen-bond donors (Lipinski definition) is 0. The lowest BCUT2D eigenvalue weighted by Gasteiger charge is -2.25. The molecule has 0 amide bonds. The van der Waals surface area contributed by atoms with Crippen LogP contribution in [0.25, 0.3) is 11.2 Å². The molecule has 0 radical (unpaired) electrons. The maximum Gasteiger partial charge on any atom is 0.162 e. The minimum atomic E-state index is -0.225. The Balaban J connectivity index is 1.78. The van der Waals surface area contributed by atoms with Gasteiger partial charge in [0.15, 0.2) is 5.65 Å². The molecule has 23 heavy (non-hydrogen) atoms. The molecule has 1 saturated heterocycles. The second-order valence-corrected chi connectivity index (χ2v) is 5.87. The van der Waals surface area contributed by atoms with E-state index in [1.807, 2.05) is 18.2 Å². The Morgan fingerprint density at radius 1 is 1.22 bits per heavy atom. The maximum atomic E-state index is 13.5. The van der Waals surface area contributed by atoms with Gasteiger partial charge in [0.05, 0.1) is 0 Å². The van der Waals surface area contributed by atoms with Gasteiger partial charge in [0.1, 0.15) is 23.4 Å². The maximum absolute atomic E-state index is 13.5. The molecule has 0 aliphatic carbocycles. The molecule has 5 heteroatoms. The second kappa shape index (κ2) is 6.08. The van der Waals surface area contributed by atoms with Crippen LogP contribution in [0.1, 0.15) is 36.9 Å². The van der Waals surface area contributed by atoms with Gasteiger partial charge in [-0.3, -0.25) is 4.57 Å². The van der Waals surface area contributed by atoms with Gasteiger partial charge < -0.3 is 4.74 Å². The first-order chi connectivity index (χ1) is 11.3. The van der Waals surface area contributed by atoms with Crippen molar-refractivity contribution in [2.75, 3.05) is 6.61 Å². The van der Waals surface area contributed by atoms with Crippen molar-refractivity contribution in [1.82, 2.24) is 14.5 Å². The van der Waals surface area contributed by atoms with Gasteiger partial charge >= 0.3 is 0 Å². The van der Waals surface area contributed by atoms with E-state index in [0.717, 1.165) is 48.4 Å². The standard InChI is InChI=1S/C18H18FN3O/c19-14-6-3-5-13(11-14)12-16-21-15-7-4-9-20-18(15)22(16)17-8-1-2-10-23-17/h3-7,9,11,17H,1-2,8,10,12H2. The summed E-state index contributed by atoms with van der Waals surface area (Å²) in [5.74, 6) is 0.647. The minimum absolute atomic E-state index is 0.0350. The lowest BCUT2D eigenvalue weighted by atomic mass is 10.1. The number of fused-ring (bicyclic) bond motifs is 1. The summed E-state index contributed by atoms with van der Waals surface area (Å²) >= 11 is 0. The number of nitrogens with zero attached hydrogens (tertiary/aromatic N) is 3. The third kappa shape index (κ3) is 2.84. The molecular weight excluding hydrogens is 293 g/mol. The molecule has 3 aromatic rings. The van der Waals surface area contributed by atoms with Gasteiger partial charge in [-0.2, -0.15) is 0 Å². The van der Waals surface area contributed by atoms with Gasteiger partial charge in [0.2, 0.25) is 0 Å². The number of benzene rings is 1. The summed E-state index contributed by atoms with van der Waals surface area (Å²) in [5, 5.41) is 0. The van der Waals surface area contributed by atoms with Crippen molar-refractivity contribution < 1.29 is 9.13 Å². The summed E-state index contributed by atoms with van der Waals surface area (Å²) in [7, 11) is 0. The number of ether oxygens (including phenoxy) is 1. The van der Waals surface area contributed by atoms with E-state index in [-0.39, 0.29) is 12.0 Å². The first-order valence-electron chi connectivity index (χ1n) is 7.99. The normalized spacial score (nSPS) is 18.4. The van der Waals surface area contributed by atoms with Crippen LogP contribution in [-0.4, -0.2) is 21.1 Å². The highest BCUT2D eigenvalue weighted by atomic mass is 19.1. The molecule has 1 aliphatic rings. The molecule has 3 heterocycles. The number of halogens is 1. The van der Waals surface area contributed by atoms with Crippen molar-refractivity contribution >= 4 is 11.2 Å². The SMILES string of the molecule is Fc1cccc(Cc2nc3cccnc3n2C2CCCCO2)c1. The third-order valence-electron chi connectivity index (χ3n) is 4.22. The zero-order valence-electron chi connectivity index (χ0n) is 12.8. The molecule has 2 aromatic heterocycles. The molecule has 0 saturated carbocycles. The number of pyridine rings is 1. The van der Waals surface area contributed by atoms with E-state index >= 15 is 0 Å². The van der Waals surface area contributed by atoms with Gasteiger partial charge in [0, 0.05) is 19.2 Å². The van der Waals surface area contributed by atoms with E-state index in [2.05, 4.69) is 9.55 Å². The van der Waals surface area contributed by atoms with E-state index in [4.69, 9.17) is 9.72 Å². The van der Waals surface area contributed by atoms with E-state index in [9.17, 15) is 4.39 Å². The molecule has 4 rings (SSSR count). The Morgan fingerprint density at radius 2 is 2.17 bits per heavy atom. The Labute approximate surface area is 133 Å². The number of imidazole rings is 1. The summed E-state index contributed by atoms with van der Waals surface area (Å²) in [5.41, 5.74) is 2.59. The largest absolute Gasteiger partial charge is 0.358 e. The number of aromatic nitrogens is 3. The predicted octanol–water partition coefficient (Wildman–Crippen LogP) is 3.86. The molecule has 1 aromatic carbocycles. The minimum Gasteiger partial charge on any atom is -0.358 e. The van der Waals surface area contributed by atoms with Crippen LogP contribution in [0.2, 0.25) is 0 Å². The Bertz CT molecular complexity index is 824. The van der Waals surface area contributed by atoms with Gasteiger partial charge in [0.25, 0.3) is 0 Å². The average Bonchev–Trinajstić information content (AvgIpc) is 2.93. The Hall–Kier alpha value is -2.27. The van der Waals surface area contributed by atoms with Crippen LogP contribution in [0.3, 0.4) is 0 Å². The summed E-state index contributed by atoms with van der Waals surface area (Å²) in [6.45, 7) is 0.760. The highest BCUT2D eigenvalue weighted by Gasteiger charge is 2.22. The summed E-state index contributed by atoms with van der Waals surface area (Å²) in [6, 6.07) is 10.5. The Morgan fingerprint density at radius 3 is 3.00 bits per heavy atom. The molecule has 1 aliphatic heterocycles. The van der Waals surface area contributed by atoms with Crippen molar-refractivity contribution in [3.63, 3.8) is 0 Å². The zero-order valence-corrected chi connectivity index (χ0v) is 12.8. The molecule has 1 unspecified atom stereocenters. The predicted molar refractivity (Wildman–Crippen MR) is 85.6 cm³/mol. The summed E-state index contributed by atoms with van der Waals surface area (Å²) in [4.78, 5) is 9.19. The molecule has 4 nitrogen and oxygen atoms in total. The molecule has 0 bridgehead atoms. The van der Waals surface area contributed by atoms with Crippen LogP contribution in [0.4, 0.5) is 4.39 Å². The van der Waals surface area contributed by atoms with Crippen molar-refractivity contribution in [1.29, 1.82) is 0 Å². The molecule has 0 spiro atoms. The van der Waals surface area contributed by atoms with Crippen LogP contribution < -0.4 is 0 Å². The van der Waals surface area contributed by atoms with E-state index in [1.54, 1.807) is 18.3 Å². The van der Waals surface area contributed by atoms with E-state index < -0.39 is 0 Å². The van der Waals surface area contributed by atoms with Crippen molar-refractivity contribution in [2.24, 2.45) is 0 Å². The van der Waals surface area contributed by atoms with Gasteiger partial charge in [-0.1, -0.05) is 12.1 Å². The lowest BCUT2D eigenvalue weighted by molar-refractivity contribution is -0.0311. The molecular formula is C18H18FN3O. The van der Waals surface area contributed by atoms with Gasteiger partial charge in [-0.05, 0) is 49.1 Å². The highest BCUT2D eigenvalue weighted by Crippen LogP contribution is 2.28. The fraction of sp³-hybridized carbons (Fsp3) is 0.333. The Kier molecular flexibility index (Phi) is 3.79. The quantitative estimate of drug-likeness (QED) is 0.737. The highest BCUT2D eigenvalue weighted by molar-refractivity contribution is 5.71. The molecule has 1 atom stereocenters. The fourth-order valence-corrected chi connectivity index (χ4v) is 3.16. The van der Waals surface area contributed by atoms with Crippen LogP contribution in [-0.2, 0) is 11.2 Å². The smallest absolute Gasteiger partial charge is 0.162 e. The first-order valence-corrected chi connectivity index (χ1v) is 7.99. The monoisotopic (exact) mass is 311 g/mol. The van der Waals surface area contributed by atoms with Crippen molar-refractivity contribution in [3.8, 4) is 0 Å². The zero-order chi connectivity index (χ0) is 15.6. The van der Waals surface area contributed by atoms with E-state index in [1.165, 1.54) is 6.07 Å². The third-order valence-corrected chi connectivity index (χ3v) is 4.22. The summed E-state index contributed by atoms with van der Waals surface area (Å²) in [6.07, 6.45) is 5.49. The van der Waals surface area contributed by atoms with Gasteiger partial charge in [-0.15, -0.1) is 0 Å². The van der Waals surface area contributed by atoms with Gasteiger partial charge in [-0.25, -0.2) is 14.4 Å². The molecule has 1 fully saturated rings. The lowest BCUT2D eigenvalue weighted by Crippen LogP contribution is -2.20. The van der Waals surface area contributed by atoms with Crippen LogP contribution in [0, 0.1) is 5.82 Å². The molecule has 118 valence electrons. The van der Waals surface area contributed by atoms with Crippen LogP contribution in [0.5, 0.6) is 0 Å². The average molecular weight is 311 g/mol. The topological polar surface area (TPSA) is 39.9 Å². The van der Waals surface area contributed by atoms with Crippen molar-refractivity contribution in [2.45, 2.75) is 31.9 Å². The van der Waals surface area contributed by atoms with E-state index in [0.29, 0.717) is 6.42 Å². The fourth-order valence-electron chi connectivity index (χ4n) is 3.16. The summed E-state index contributed by atoms with van der Waals surface area (Å²) < 4.78 is 21.5. The number of hydrogen-bond acceptors (Lipinski definition) is 3. The second-order valence-electron chi connectivity index (χ2n) is 5.87. The van der Waals surface area contributed by atoms with Crippen LogP contribution >= 0.6 is 0 Å². The number of rotatable bonds is 3. The van der Waals surface area contributed by atoms with Crippen molar-refractivity contribution in [3.05, 3.63) is 59.8 Å². The molecule has 0 N–H and O–H groups in total. The van der Waals surface area contributed by atoms with Crippen LogP contribution in [0.15, 0.2) is 42.6 Å². The first kappa shape index (κ1) is 14.3.